The van der Waals surface area contributed by atoms with Crippen molar-refractivity contribution in [2.75, 3.05) is 18.0 Å². The number of nitrogens with two attached hydrogens (primary N) is 1. The second kappa shape index (κ2) is 5.19. The van der Waals surface area contributed by atoms with Gasteiger partial charge in [-0.25, -0.2) is 0 Å². The van der Waals surface area contributed by atoms with E-state index in [1.54, 1.807) is 0 Å². The van der Waals surface area contributed by atoms with Crippen molar-refractivity contribution < 1.29 is 0 Å². The summed E-state index contributed by atoms with van der Waals surface area (Å²) in [7, 11) is 0. The number of hydrogen-bond acceptors (Lipinski definition) is 2. The van der Waals surface area contributed by atoms with Crippen molar-refractivity contribution in [2.24, 2.45) is 5.73 Å². The molecule has 1 atom stereocenters. The monoisotopic (exact) mass is 282 g/mol. The van der Waals surface area contributed by atoms with Gasteiger partial charge in [-0.2, -0.15) is 0 Å². The maximum atomic E-state index is 5.88. The van der Waals surface area contributed by atoms with Crippen LogP contribution in [0.15, 0.2) is 22.7 Å². The normalized spacial score (nSPS) is 18.6. The van der Waals surface area contributed by atoms with Crippen LogP contribution >= 0.6 is 15.9 Å². The van der Waals surface area contributed by atoms with Crippen molar-refractivity contribution in [3.63, 3.8) is 0 Å². The number of hydrogen-bond donors (Lipinski definition) is 1. The van der Waals surface area contributed by atoms with E-state index in [4.69, 9.17) is 5.73 Å². The van der Waals surface area contributed by atoms with Crippen LogP contribution in [-0.4, -0.2) is 13.1 Å². The minimum atomic E-state index is 0.103. The smallest absolute Gasteiger partial charge is 0.0510 e. The van der Waals surface area contributed by atoms with Crippen molar-refractivity contribution in [3.05, 3.63) is 28.2 Å². The van der Waals surface area contributed by atoms with Gasteiger partial charge < -0.3 is 10.6 Å². The van der Waals surface area contributed by atoms with Gasteiger partial charge in [-0.3, -0.25) is 0 Å². The molecule has 0 aromatic heterocycles. The second-order valence-corrected chi connectivity index (χ2v) is 5.40. The highest BCUT2D eigenvalue weighted by Crippen LogP contribution is 2.30. The molecule has 0 radical (unpaired) electrons. The zero-order valence-electron chi connectivity index (χ0n) is 9.75. The van der Waals surface area contributed by atoms with Gasteiger partial charge in [-0.1, -0.05) is 6.07 Å². The van der Waals surface area contributed by atoms with E-state index in [1.807, 2.05) is 6.92 Å². The Bertz CT molecular complexity index is 357. The third kappa shape index (κ3) is 2.58. The molecule has 2 rings (SSSR count). The number of nitrogens with zero attached hydrogens (tertiary/aromatic N) is 1. The molecule has 0 bridgehead atoms. The highest BCUT2D eigenvalue weighted by atomic mass is 79.9. The molecule has 1 aromatic rings. The van der Waals surface area contributed by atoms with Crippen LogP contribution in [-0.2, 0) is 0 Å². The van der Waals surface area contributed by atoms with Crippen LogP contribution in [0.4, 0.5) is 5.69 Å². The lowest BCUT2D eigenvalue weighted by Gasteiger charge is -2.30. The molecule has 0 aliphatic carbocycles. The van der Waals surface area contributed by atoms with Gasteiger partial charge in [-0.15, -0.1) is 0 Å². The summed E-state index contributed by atoms with van der Waals surface area (Å²) in [6.45, 7) is 4.37. The molecule has 16 heavy (non-hydrogen) atoms. The zero-order valence-corrected chi connectivity index (χ0v) is 11.3. The first-order valence-corrected chi connectivity index (χ1v) is 6.78. The highest BCUT2D eigenvalue weighted by Gasteiger charge is 2.14. The zero-order chi connectivity index (χ0) is 11.5. The number of piperidine rings is 1. The molecule has 1 aliphatic rings. The van der Waals surface area contributed by atoms with E-state index >= 15 is 0 Å². The van der Waals surface area contributed by atoms with E-state index in [0.29, 0.717) is 0 Å². The van der Waals surface area contributed by atoms with Gasteiger partial charge in [0.1, 0.15) is 0 Å². The number of halogens is 1. The van der Waals surface area contributed by atoms with E-state index in [0.717, 1.165) is 0 Å². The molecule has 3 heteroatoms. The topological polar surface area (TPSA) is 29.3 Å². The molecule has 1 aliphatic heterocycles. The van der Waals surface area contributed by atoms with Crippen molar-refractivity contribution in [1.29, 1.82) is 0 Å². The number of anilines is 1. The SMILES string of the molecule is C[C@@H](N)c1ccc(N2CCCCC2)c(Br)c1. The molecule has 1 heterocycles. The lowest BCUT2D eigenvalue weighted by atomic mass is 10.1. The van der Waals surface area contributed by atoms with Crippen molar-refractivity contribution in [2.45, 2.75) is 32.2 Å². The molecule has 0 amide bonds. The number of benzene rings is 1. The minimum absolute atomic E-state index is 0.103. The summed E-state index contributed by atoms with van der Waals surface area (Å²) in [5, 5.41) is 0. The van der Waals surface area contributed by atoms with E-state index in [1.165, 1.54) is 48.1 Å². The highest BCUT2D eigenvalue weighted by molar-refractivity contribution is 9.10. The molecule has 1 aromatic carbocycles. The molecular weight excluding hydrogens is 264 g/mol. The second-order valence-electron chi connectivity index (χ2n) is 4.55. The van der Waals surface area contributed by atoms with Crippen LogP contribution in [0, 0.1) is 0 Å². The van der Waals surface area contributed by atoms with Gasteiger partial charge in [0.05, 0.1) is 5.69 Å². The van der Waals surface area contributed by atoms with Gasteiger partial charge in [0.25, 0.3) is 0 Å². The summed E-state index contributed by atoms with van der Waals surface area (Å²) in [5.74, 6) is 0. The van der Waals surface area contributed by atoms with Crippen molar-refractivity contribution in [1.82, 2.24) is 0 Å². The van der Waals surface area contributed by atoms with Gasteiger partial charge in [0.15, 0.2) is 0 Å². The molecule has 88 valence electrons. The summed E-state index contributed by atoms with van der Waals surface area (Å²) >= 11 is 3.65. The van der Waals surface area contributed by atoms with Gasteiger partial charge in [0.2, 0.25) is 0 Å². The van der Waals surface area contributed by atoms with Gasteiger partial charge in [0, 0.05) is 23.6 Å². The van der Waals surface area contributed by atoms with E-state index in [9.17, 15) is 0 Å². The largest absolute Gasteiger partial charge is 0.371 e. The van der Waals surface area contributed by atoms with Crippen molar-refractivity contribution in [3.8, 4) is 0 Å². The van der Waals surface area contributed by atoms with Crippen LogP contribution in [0.3, 0.4) is 0 Å². The Hall–Kier alpha value is -0.540. The fraction of sp³-hybridized carbons (Fsp3) is 0.538. The standard InChI is InChI=1S/C13H19BrN2/c1-10(15)11-5-6-13(12(14)9-11)16-7-3-2-4-8-16/h5-6,9-10H,2-4,7-8,15H2,1H3/t10-/m1/s1. The molecule has 0 saturated carbocycles. The third-order valence-corrected chi connectivity index (χ3v) is 3.83. The Labute approximate surface area is 106 Å². The summed E-state index contributed by atoms with van der Waals surface area (Å²) in [4.78, 5) is 2.46. The molecule has 1 fully saturated rings. The predicted octanol–water partition coefficient (Wildman–Crippen LogP) is 3.46. The first-order chi connectivity index (χ1) is 7.68. The maximum Gasteiger partial charge on any atom is 0.0510 e. The molecule has 1 saturated heterocycles. The molecular formula is C13H19BrN2. The Morgan fingerprint density at radius 3 is 2.50 bits per heavy atom. The van der Waals surface area contributed by atoms with Crippen LogP contribution in [0.25, 0.3) is 0 Å². The average molecular weight is 283 g/mol. The van der Waals surface area contributed by atoms with Crippen LogP contribution in [0.2, 0.25) is 0 Å². The molecule has 0 unspecified atom stereocenters. The summed E-state index contributed by atoms with van der Waals surface area (Å²) in [6, 6.07) is 6.58. The van der Waals surface area contributed by atoms with Crippen LogP contribution < -0.4 is 10.6 Å². The summed E-state index contributed by atoms with van der Waals surface area (Å²) < 4.78 is 1.17. The fourth-order valence-electron chi connectivity index (χ4n) is 2.20. The van der Waals surface area contributed by atoms with Gasteiger partial charge >= 0.3 is 0 Å². The molecule has 2 N–H and O–H groups in total. The van der Waals surface area contributed by atoms with Gasteiger partial charge in [-0.05, 0) is 59.8 Å². The van der Waals surface area contributed by atoms with E-state index < -0.39 is 0 Å². The molecule has 0 spiro atoms. The predicted molar refractivity (Wildman–Crippen MR) is 72.8 cm³/mol. The lowest BCUT2D eigenvalue weighted by Crippen LogP contribution is -2.29. The Morgan fingerprint density at radius 2 is 1.94 bits per heavy atom. The first-order valence-electron chi connectivity index (χ1n) is 5.98. The summed E-state index contributed by atoms with van der Waals surface area (Å²) in [6.07, 6.45) is 3.98. The van der Waals surface area contributed by atoms with Crippen LogP contribution in [0.1, 0.15) is 37.8 Å². The lowest BCUT2D eigenvalue weighted by molar-refractivity contribution is 0.577. The first kappa shape index (κ1) is 11.9. The molecule has 2 nitrogen and oxygen atoms in total. The fourth-order valence-corrected chi connectivity index (χ4v) is 2.84. The summed E-state index contributed by atoms with van der Waals surface area (Å²) in [5.41, 5.74) is 8.37. The van der Waals surface area contributed by atoms with E-state index in [-0.39, 0.29) is 6.04 Å². The maximum absolute atomic E-state index is 5.88. The number of rotatable bonds is 2. The average Bonchev–Trinajstić information content (AvgIpc) is 2.30. The Kier molecular flexibility index (Phi) is 3.87. The van der Waals surface area contributed by atoms with Crippen molar-refractivity contribution >= 4 is 21.6 Å². The quantitative estimate of drug-likeness (QED) is 0.900. The Balaban J connectivity index is 2.21. The third-order valence-electron chi connectivity index (χ3n) is 3.19. The van der Waals surface area contributed by atoms with E-state index in [2.05, 4.69) is 39.0 Å². The minimum Gasteiger partial charge on any atom is -0.371 e. The Morgan fingerprint density at radius 1 is 1.25 bits per heavy atom. The van der Waals surface area contributed by atoms with Crippen LogP contribution in [0.5, 0.6) is 0 Å².